The minimum atomic E-state index is -1.13. The van der Waals surface area contributed by atoms with Gasteiger partial charge in [0.15, 0.2) is 18.1 Å². The van der Waals surface area contributed by atoms with Gasteiger partial charge in [-0.2, -0.15) is 0 Å². The predicted molar refractivity (Wildman–Crippen MR) is 140 cm³/mol. The van der Waals surface area contributed by atoms with Crippen LogP contribution in [0.1, 0.15) is 130 Å². The number of carboxylic acids is 3. The van der Waals surface area contributed by atoms with Gasteiger partial charge in [0.25, 0.3) is 0 Å². The Labute approximate surface area is 213 Å². The molecule has 0 spiro atoms. The molecule has 0 radical (unpaired) electrons. The molecular weight excluding hydrogens is 446 g/mol. The number of rotatable bonds is 23. The van der Waals surface area contributed by atoms with Gasteiger partial charge in [-0.3, -0.25) is 4.48 Å². The van der Waals surface area contributed by atoms with Crippen LogP contribution in [-0.4, -0.2) is 55.8 Å². The van der Waals surface area contributed by atoms with Crippen LogP contribution in [0.15, 0.2) is 12.3 Å². The zero-order valence-corrected chi connectivity index (χ0v) is 22.7. The average molecular weight is 499 g/mol. The zero-order chi connectivity index (χ0) is 26.7. The van der Waals surface area contributed by atoms with E-state index in [0.717, 1.165) is 19.3 Å². The summed E-state index contributed by atoms with van der Waals surface area (Å²) in [4.78, 5) is 37.4. The fourth-order valence-electron chi connectivity index (χ4n) is 5.23. The molecule has 204 valence electrons. The summed E-state index contributed by atoms with van der Waals surface area (Å²) in [5.41, 5.74) is 0. The maximum atomic E-state index is 12.5. The molecule has 0 amide bonds. The summed E-state index contributed by atoms with van der Waals surface area (Å²) in [6.45, 7) is 7.76. The molecule has 0 aromatic rings. The molecule has 3 N–H and O–H groups in total. The predicted octanol–water partition coefficient (Wildman–Crippen LogP) is 7.00. The fourth-order valence-corrected chi connectivity index (χ4v) is 5.23. The van der Waals surface area contributed by atoms with Crippen LogP contribution < -0.4 is 0 Å². The molecule has 0 heterocycles. The fraction of sp³-hybridized carbons (Fsp3) is 0.821. The summed E-state index contributed by atoms with van der Waals surface area (Å²) < 4.78 is -0.549. The first kappa shape index (κ1) is 33.1. The lowest BCUT2D eigenvalue weighted by atomic mass is 9.93. The molecule has 0 aliphatic carbocycles. The monoisotopic (exact) mass is 498 g/mol. The Morgan fingerprint density at radius 1 is 0.571 bits per heavy atom. The van der Waals surface area contributed by atoms with Gasteiger partial charge in [0.05, 0.1) is 6.20 Å². The summed E-state index contributed by atoms with van der Waals surface area (Å²) >= 11 is 0. The van der Waals surface area contributed by atoms with E-state index >= 15 is 0 Å². The minimum Gasteiger partial charge on any atom is -0.477 e. The van der Waals surface area contributed by atoms with Crippen molar-refractivity contribution < 1.29 is 34.2 Å². The van der Waals surface area contributed by atoms with Gasteiger partial charge in [0, 0.05) is 19.3 Å². The second-order valence-electron chi connectivity index (χ2n) is 9.82. The van der Waals surface area contributed by atoms with E-state index in [9.17, 15) is 29.7 Å². The smallest absolute Gasteiger partial charge is 0.363 e. The van der Waals surface area contributed by atoms with E-state index in [4.69, 9.17) is 0 Å². The maximum absolute atomic E-state index is 12.5. The van der Waals surface area contributed by atoms with Gasteiger partial charge in [0.1, 0.15) is 0 Å². The van der Waals surface area contributed by atoms with Crippen molar-refractivity contribution in [3.63, 3.8) is 0 Å². The van der Waals surface area contributed by atoms with Gasteiger partial charge in [-0.25, -0.2) is 14.4 Å². The maximum Gasteiger partial charge on any atom is 0.363 e. The van der Waals surface area contributed by atoms with Crippen LogP contribution in [0.5, 0.6) is 0 Å². The van der Waals surface area contributed by atoms with Crippen molar-refractivity contribution in [2.45, 2.75) is 149 Å². The summed E-state index contributed by atoms with van der Waals surface area (Å²) in [6, 6.07) is -3.38. The Kier molecular flexibility index (Phi) is 18.3. The first-order chi connectivity index (χ1) is 16.7. The highest BCUT2D eigenvalue weighted by atomic mass is 16.4. The normalized spacial score (nSPS) is 16.0. The van der Waals surface area contributed by atoms with Gasteiger partial charge in [-0.1, -0.05) is 79.1 Å². The lowest BCUT2D eigenvalue weighted by molar-refractivity contribution is -0.928. The summed E-state index contributed by atoms with van der Waals surface area (Å²) in [5, 5.41) is 30.5. The summed E-state index contributed by atoms with van der Waals surface area (Å²) in [7, 11) is 0. The Bertz CT molecular complexity index is 573. The molecular formula is C28H52NO6+. The lowest BCUT2D eigenvalue weighted by Crippen LogP contribution is -2.69. The average Bonchev–Trinajstić information content (AvgIpc) is 2.81. The van der Waals surface area contributed by atoms with Gasteiger partial charge in [-0.05, 0) is 38.2 Å². The SMILES string of the molecule is CCCCCCCCCCC/C=C/[N+](C(CCC)C(=O)O)(C(CCC)C(=O)O)C(CCC)C(=O)O. The van der Waals surface area contributed by atoms with Crippen molar-refractivity contribution >= 4 is 17.9 Å². The number of aliphatic carboxylic acids is 3. The van der Waals surface area contributed by atoms with E-state index in [1.165, 1.54) is 38.5 Å². The van der Waals surface area contributed by atoms with Crippen molar-refractivity contribution in [1.82, 2.24) is 0 Å². The van der Waals surface area contributed by atoms with E-state index in [2.05, 4.69) is 6.92 Å². The Hall–Kier alpha value is -1.89. The molecule has 7 nitrogen and oxygen atoms in total. The molecule has 0 aromatic carbocycles. The molecule has 0 saturated heterocycles. The van der Waals surface area contributed by atoms with Gasteiger partial charge in [0.2, 0.25) is 0 Å². The quantitative estimate of drug-likeness (QED) is 0.103. The number of carboxylic acid groups (broad SMARTS) is 3. The standard InChI is InChI=1S/C28H51NO6/c1-5-9-10-11-12-13-14-15-16-17-18-22-29(23(19-6-2)26(30)31,24(20-7-3)27(32)33)25(21-8-4)28(34)35/h18,22-25H,5-17,19-21H2,1-4H3,(H2-,30,31,32,33,34,35)/p+1/b22-18+. The van der Waals surface area contributed by atoms with Crippen LogP contribution in [0.4, 0.5) is 0 Å². The van der Waals surface area contributed by atoms with E-state index in [-0.39, 0.29) is 19.3 Å². The van der Waals surface area contributed by atoms with Crippen molar-refractivity contribution in [3.8, 4) is 0 Å². The highest BCUT2D eigenvalue weighted by Crippen LogP contribution is 2.34. The second kappa shape index (κ2) is 19.3. The number of unbranched alkanes of at least 4 members (excludes halogenated alkanes) is 9. The van der Waals surface area contributed by atoms with Gasteiger partial charge in [-0.15, -0.1) is 0 Å². The zero-order valence-electron chi connectivity index (χ0n) is 22.7. The van der Waals surface area contributed by atoms with Crippen molar-refractivity contribution in [2.24, 2.45) is 0 Å². The van der Waals surface area contributed by atoms with E-state index in [1.54, 1.807) is 6.20 Å². The lowest BCUT2D eigenvalue weighted by Gasteiger charge is -2.47. The Morgan fingerprint density at radius 2 is 0.914 bits per heavy atom. The number of quaternary nitrogens is 1. The van der Waals surface area contributed by atoms with E-state index in [0.29, 0.717) is 25.7 Å². The van der Waals surface area contributed by atoms with Crippen LogP contribution in [0, 0.1) is 0 Å². The summed E-state index contributed by atoms with van der Waals surface area (Å²) in [5.74, 6) is -3.40. The van der Waals surface area contributed by atoms with Crippen LogP contribution in [0.25, 0.3) is 0 Å². The first-order valence-electron chi connectivity index (χ1n) is 14.0. The highest BCUT2D eigenvalue weighted by molar-refractivity contribution is 5.78. The molecule has 0 bridgehead atoms. The van der Waals surface area contributed by atoms with Crippen LogP contribution in [0.2, 0.25) is 0 Å². The second-order valence-corrected chi connectivity index (χ2v) is 9.82. The third kappa shape index (κ3) is 11.1. The van der Waals surface area contributed by atoms with Gasteiger partial charge < -0.3 is 15.3 Å². The molecule has 0 aliphatic rings. The molecule has 3 unspecified atom stereocenters. The van der Waals surface area contributed by atoms with Crippen LogP contribution in [-0.2, 0) is 14.4 Å². The first-order valence-corrected chi connectivity index (χ1v) is 14.0. The number of carbonyl (C=O) groups is 3. The van der Waals surface area contributed by atoms with E-state index < -0.39 is 40.5 Å². The van der Waals surface area contributed by atoms with Gasteiger partial charge >= 0.3 is 17.9 Å². The number of allylic oxidation sites excluding steroid dienone is 1. The third-order valence-electron chi connectivity index (χ3n) is 7.00. The molecule has 0 rings (SSSR count). The summed E-state index contributed by atoms with van der Waals surface area (Å²) in [6.07, 6.45) is 17.1. The molecule has 0 aliphatic heterocycles. The molecule has 3 atom stereocenters. The Balaban J connectivity index is 5.87. The molecule has 0 saturated carbocycles. The third-order valence-corrected chi connectivity index (χ3v) is 7.00. The molecule has 35 heavy (non-hydrogen) atoms. The number of hydrogen-bond donors (Lipinski definition) is 3. The van der Waals surface area contributed by atoms with Crippen LogP contribution >= 0.6 is 0 Å². The van der Waals surface area contributed by atoms with Crippen molar-refractivity contribution in [1.29, 1.82) is 0 Å². The molecule has 0 aromatic heterocycles. The largest absolute Gasteiger partial charge is 0.477 e. The highest BCUT2D eigenvalue weighted by Gasteiger charge is 2.56. The number of nitrogens with zero attached hydrogens (tertiary/aromatic N) is 1. The number of hydrogen-bond acceptors (Lipinski definition) is 3. The van der Waals surface area contributed by atoms with Crippen molar-refractivity contribution in [3.05, 3.63) is 12.3 Å². The molecule has 7 heteroatoms. The topological polar surface area (TPSA) is 112 Å². The van der Waals surface area contributed by atoms with E-state index in [1.807, 2.05) is 26.8 Å². The van der Waals surface area contributed by atoms with Crippen LogP contribution in [0.3, 0.4) is 0 Å². The van der Waals surface area contributed by atoms with Crippen molar-refractivity contribution in [2.75, 3.05) is 0 Å². The minimum absolute atomic E-state index is 0.221. The Morgan fingerprint density at radius 3 is 1.23 bits per heavy atom. The molecule has 0 fully saturated rings.